The molecule has 3 saturated heterocycles. The lowest BCUT2D eigenvalue weighted by molar-refractivity contribution is -0.146. The summed E-state index contributed by atoms with van der Waals surface area (Å²) in [6.07, 6.45) is -2.01. The predicted octanol–water partition coefficient (Wildman–Crippen LogP) is -6.16. The number of aliphatic hydroxyl groups is 1. The molecule has 3 aliphatic heterocycles. The maximum absolute atomic E-state index is 14.7. The van der Waals surface area contributed by atoms with Crippen LogP contribution in [0.1, 0.15) is 116 Å². The summed E-state index contributed by atoms with van der Waals surface area (Å²) < 4.78 is 0. The van der Waals surface area contributed by atoms with Crippen LogP contribution in [-0.2, 0) is 68.7 Å². The van der Waals surface area contributed by atoms with Crippen LogP contribution >= 0.6 is 0 Å². The molecule has 1 aromatic carbocycles. The highest BCUT2D eigenvalue weighted by molar-refractivity contribution is 6.00. The maximum Gasteiger partial charge on any atom is 0.305 e. The number of carboxylic acid groups (broad SMARTS) is 1. The van der Waals surface area contributed by atoms with Crippen molar-refractivity contribution >= 4 is 99.6 Å². The van der Waals surface area contributed by atoms with Gasteiger partial charge in [-0.15, -0.1) is 0 Å². The molecule has 0 saturated carbocycles. The first kappa shape index (κ1) is 72.3. The van der Waals surface area contributed by atoms with Crippen molar-refractivity contribution in [3.05, 3.63) is 36.0 Å². The number of hydrogen-bond donors (Lipinski definition) is 18. The Labute approximate surface area is 524 Å². The van der Waals surface area contributed by atoms with Gasteiger partial charge in [-0.2, -0.15) is 0 Å². The van der Waals surface area contributed by atoms with Gasteiger partial charge in [0, 0.05) is 37.3 Å². The van der Waals surface area contributed by atoms with E-state index in [1.165, 1.54) is 6.92 Å². The molecule has 3 aliphatic rings. The topological polar surface area (TPSA) is 557 Å². The number of carboxylic acids is 1. The molecule has 34 nitrogen and oxygen atoms in total. The number of fused-ring (bicyclic) bond motifs is 10. The van der Waals surface area contributed by atoms with E-state index in [1.54, 1.807) is 31.2 Å². The number of aliphatic hydroxyl groups excluding tert-OH is 1. The van der Waals surface area contributed by atoms with Crippen LogP contribution in [0.2, 0.25) is 0 Å². The third kappa shape index (κ3) is 22.8. The van der Waals surface area contributed by atoms with Gasteiger partial charge in [0.1, 0.15) is 66.5 Å². The van der Waals surface area contributed by atoms with Gasteiger partial charge in [0.15, 0.2) is 5.96 Å². The van der Waals surface area contributed by atoms with Gasteiger partial charge in [-0.05, 0) is 95.6 Å². The Hall–Kier alpha value is -9.47. The molecule has 2 bridgehead atoms. The molecule has 4 heterocycles. The number of hydrogen-bond acceptors (Lipinski definition) is 17. The van der Waals surface area contributed by atoms with Crippen LogP contribution in [0.4, 0.5) is 0 Å². The van der Waals surface area contributed by atoms with Crippen LogP contribution < -0.4 is 81.8 Å². The average Bonchev–Trinajstić information content (AvgIpc) is 2.00. The van der Waals surface area contributed by atoms with Crippen molar-refractivity contribution in [2.24, 2.45) is 38.7 Å². The van der Waals surface area contributed by atoms with Crippen LogP contribution in [0.25, 0.3) is 10.9 Å². The Bertz CT molecular complexity index is 2990. The van der Waals surface area contributed by atoms with Gasteiger partial charge in [0.25, 0.3) is 0 Å². The largest absolute Gasteiger partial charge is 0.481 e. The predicted molar refractivity (Wildman–Crippen MR) is 328 cm³/mol. The second-order valence-corrected chi connectivity index (χ2v) is 22.7. The van der Waals surface area contributed by atoms with Crippen molar-refractivity contribution in [2.45, 2.75) is 183 Å². The van der Waals surface area contributed by atoms with E-state index in [4.69, 9.17) is 28.7 Å². The number of aliphatic imine (C=N–C) groups is 2. The highest BCUT2D eigenvalue weighted by atomic mass is 16.4. The molecule has 23 N–H and O–H groups in total. The number of rotatable bonds is 16. The van der Waals surface area contributed by atoms with Crippen molar-refractivity contribution < 1.29 is 72.5 Å². The molecule has 0 aliphatic carbocycles. The van der Waals surface area contributed by atoms with Gasteiger partial charge in [-0.3, -0.25) is 72.3 Å². The number of nitrogens with two attached hydrogens (primary N) is 5. The summed E-state index contributed by atoms with van der Waals surface area (Å²) >= 11 is 0. The molecule has 12 amide bonds. The van der Waals surface area contributed by atoms with E-state index < -0.39 is 163 Å². The Morgan fingerprint density at radius 1 is 0.615 bits per heavy atom. The fraction of sp³-hybridized carbons (Fsp3) is 0.596. The van der Waals surface area contributed by atoms with Gasteiger partial charge >= 0.3 is 5.97 Å². The van der Waals surface area contributed by atoms with Crippen molar-refractivity contribution in [1.29, 1.82) is 0 Å². The molecule has 0 spiro atoms. The minimum absolute atomic E-state index is 0.000759. The number of benzene rings is 1. The lowest BCUT2D eigenvalue weighted by Crippen LogP contribution is -2.61. The van der Waals surface area contributed by atoms with Crippen LogP contribution in [0.5, 0.6) is 0 Å². The Morgan fingerprint density at radius 3 is 1.78 bits per heavy atom. The third-order valence-corrected chi connectivity index (χ3v) is 15.5. The summed E-state index contributed by atoms with van der Waals surface area (Å²) in [5, 5.41) is 46.7. The van der Waals surface area contributed by atoms with E-state index in [-0.39, 0.29) is 128 Å². The van der Waals surface area contributed by atoms with Gasteiger partial charge in [0.2, 0.25) is 70.9 Å². The minimum atomic E-state index is -1.91. The number of guanidine groups is 1. The van der Waals surface area contributed by atoms with Crippen molar-refractivity contribution in [3.8, 4) is 0 Å². The van der Waals surface area contributed by atoms with Crippen molar-refractivity contribution in [3.63, 3.8) is 0 Å². The fourth-order valence-electron chi connectivity index (χ4n) is 10.7. The number of carbonyl (C=O) groups excluding carboxylic acids is 12. The lowest BCUT2D eigenvalue weighted by Gasteiger charge is -2.30. The van der Waals surface area contributed by atoms with Gasteiger partial charge in [0.05, 0.1) is 25.4 Å². The van der Waals surface area contributed by atoms with Crippen LogP contribution in [0.15, 0.2) is 40.3 Å². The van der Waals surface area contributed by atoms with E-state index in [0.717, 1.165) is 10.3 Å². The highest BCUT2D eigenvalue weighted by Crippen LogP contribution is 2.22. The van der Waals surface area contributed by atoms with Crippen LogP contribution in [0.3, 0.4) is 0 Å². The van der Waals surface area contributed by atoms with E-state index in [2.05, 4.69) is 68.1 Å². The Kier molecular flexibility index (Phi) is 28.3. The van der Waals surface area contributed by atoms with Gasteiger partial charge in [-0.25, -0.2) is 0 Å². The Morgan fingerprint density at radius 2 is 1.16 bits per heavy atom. The number of aliphatic carboxylic acids is 1. The molecular formula is C57H87N19O15. The SMILES string of the molecule is CC(N)=NCCC[C@@H]1NC(=O)[C@H](Cc2cc3ccccc3[nH]2)NC(=O)[C@H](C)NC(=O)[C@@H]2CCCC[C@H](NC(=O)CN)C(=O)N[C@@H](CCCC[C@@H](C(N)=O)NC1=O)C(=O)N[C@@H](CO)C(=O)N[C@@H](CC(=O)O)C(=O)N1CCCC1C(=O)N[C@@H](CCCN=C(N)N)C(=O)N2. The molecule has 1 unspecified atom stereocenters. The summed E-state index contributed by atoms with van der Waals surface area (Å²) in [4.78, 5) is 195. The zero-order chi connectivity index (χ0) is 66.9. The molecule has 500 valence electrons. The molecule has 1 aromatic heterocycles. The molecule has 0 radical (unpaired) electrons. The molecule has 2 aromatic rings. The number of amides is 12. The quantitative estimate of drug-likeness (QED) is 0.0422. The van der Waals surface area contributed by atoms with E-state index >= 15 is 0 Å². The first-order valence-corrected chi connectivity index (χ1v) is 30.3. The molecule has 34 heteroatoms. The number of nitrogens with one attached hydrogen (secondary N) is 11. The van der Waals surface area contributed by atoms with E-state index in [9.17, 15) is 72.5 Å². The number of aromatic nitrogens is 1. The number of carbonyl (C=O) groups is 13. The van der Waals surface area contributed by atoms with Crippen LogP contribution in [-0.4, -0.2) is 208 Å². The van der Waals surface area contributed by atoms with E-state index in [0.29, 0.717) is 11.2 Å². The average molecular weight is 1280 g/mol. The number of primary amides is 1. The third-order valence-electron chi connectivity index (χ3n) is 15.5. The van der Waals surface area contributed by atoms with Crippen molar-refractivity contribution in [2.75, 3.05) is 32.8 Å². The summed E-state index contributed by atoms with van der Waals surface area (Å²) in [5.41, 5.74) is 29.5. The second kappa shape index (κ2) is 35.7. The van der Waals surface area contributed by atoms with Crippen molar-refractivity contribution in [1.82, 2.24) is 63.1 Å². The number of amidine groups is 1. The smallest absolute Gasteiger partial charge is 0.305 e. The molecular weight excluding hydrogens is 1190 g/mol. The Balaban J connectivity index is 1.65. The lowest BCUT2D eigenvalue weighted by atomic mass is 10.0. The standard InChI is InChI=1S/C57H87N19O15/c1-29-47(82)73-40(25-32-24-31-12-3-4-13-33(31)66-32)53(88)71-38(18-9-21-63-30(2)59)50(85)68-34(46(60)81)14-5-6-17-37-52(87)75-42(28-77)54(89)74-41(26-45(79)80)56(91)76-23-11-20-43(76)55(90)72-39(19-10-22-64-57(61)62)51(86)69-36(48(83)65-29)16-8-7-15-35(49(84)70-37)67-44(78)27-58/h3-4,12-13,24,29,34-43,66,77H,5-11,14-23,25-28,58H2,1-2H3,(H2,59,63)(H2,60,81)(H,65,83)(H,67,78)(H,68,85)(H,69,86)(H,70,84)(H,71,88)(H,72,90)(H,73,82)(H,74,89)(H,75,87)(H,79,80)(H4,61,62,64)/t29-,34-,35-,36-,37-,38-,39-,40-,41-,42-,43?/m0/s1. The van der Waals surface area contributed by atoms with E-state index in [1.807, 2.05) is 6.07 Å². The second-order valence-electron chi connectivity index (χ2n) is 22.7. The molecule has 5 rings (SSSR count). The summed E-state index contributed by atoms with van der Waals surface area (Å²) in [6, 6.07) is -8.07. The zero-order valence-electron chi connectivity index (χ0n) is 51.0. The molecule has 91 heavy (non-hydrogen) atoms. The fourth-order valence-corrected chi connectivity index (χ4v) is 10.7. The number of aromatic amines is 1. The first-order valence-electron chi connectivity index (χ1n) is 30.3. The maximum atomic E-state index is 14.7. The monoisotopic (exact) mass is 1280 g/mol. The summed E-state index contributed by atoms with van der Waals surface area (Å²) in [7, 11) is 0. The number of para-hydroxylation sites is 1. The minimum Gasteiger partial charge on any atom is -0.481 e. The summed E-state index contributed by atoms with van der Waals surface area (Å²) in [5.74, 6) is -13.3. The normalized spacial score (nSPS) is 26.4. The van der Waals surface area contributed by atoms with Gasteiger partial charge < -0.3 is 102 Å². The highest BCUT2D eigenvalue weighted by Gasteiger charge is 2.41. The molecule has 11 atom stereocenters. The zero-order valence-corrected chi connectivity index (χ0v) is 51.0. The summed E-state index contributed by atoms with van der Waals surface area (Å²) in [6.45, 7) is 1.07. The molecule has 3 fully saturated rings. The number of nitrogens with zero attached hydrogens (tertiary/aromatic N) is 3. The van der Waals surface area contributed by atoms with Gasteiger partial charge in [-0.1, -0.05) is 43.9 Å². The van der Waals surface area contributed by atoms with Crippen LogP contribution in [0, 0.1) is 0 Å². The number of H-pyrrole nitrogens is 1. The first-order chi connectivity index (χ1) is 43.3.